The fraction of sp³-hybridized carbons (Fsp3) is 0.500. The van der Waals surface area contributed by atoms with Crippen LogP contribution in [0.4, 0.5) is 0 Å². The smallest absolute Gasteiger partial charge is 0.264 e. The Morgan fingerprint density at radius 2 is 1.91 bits per heavy atom. The van der Waals surface area contributed by atoms with Gasteiger partial charge in [-0.3, -0.25) is 19.5 Å². The number of ether oxygens (including phenoxy) is 2. The van der Waals surface area contributed by atoms with Crippen molar-refractivity contribution in [2.75, 3.05) is 19.5 Å². The molecule has 1 aliphatic carbocycles. The highest BCUT2D eigenvalue weighted by Gasteiger charge is 2.37. The summed E-state index contributed by atoms with van der Waals surface area (Å²) in [6.45, 7) is 3.89. The van der Waals surface area contributed by atoms with Gasteiger partial charge in [0.1, 0.15) is 5.69 Å². The third-order valence-corrected chi connectivity index (χ3v) is 6.27. The first-order valence-electron chi connectivity index (χ1n) is 10.6. The predicted molar refractivity (Wildman–Crippen MR) is 120 cm³/mol. The Bertz CT molecular complexity index is 1060. The van der Waals surface area contributed by atoms with Gasteiger partial charge in [-0.05, 0) is 50.8 Å². The zero-order valence-corrected chi connectivity index (χ0v) is 19.2. The Balaban J connectivity index is 0.000000427. The molecule has 1 aliphatic heterocycles. The van der Waals surface area contributed by atoms with Gasteiger partial charge in [-0.15, -0.1) is 0 Å². The number of hydrogen-bond donors (Lipinski definition) is 2. The first kappa shape index (κ1) is 24.1. The zero-order chi connectivity index (χ0) is 23.3. The topological polar surface area (TPSA) is 131 Å². The highest BCUT2D eigenvalue weighted by atomic mass is 32.2. The molecule has 0 amide bonds. The molecule has 1 fully saturated rings. The van der Waals surface area contributed by atoms with Crippen LogP contribution in [-0.4, -0.2) is 65.4 Å². The minimum Gasteiger partial charge on any atom is -0.493 e. The Morgan fingerprint density at radius 3 is 2.50 bits per heavy atom. The lowest BCUT2D eigenvalue weighted by Crippen LogP contribution is -2.34. The van der Waals surface area contributed by atoms with Crippen LogP contribution in [0.1, 0.15) is 55.8 Å². The monoisotopic (exact) mass is 463 g/mol. The molecule has 2 aliphatic rings. The summed E-state index contributed by atoms with van der Waals surface area (Å²) in [6.07, 6.45) is 7.16. The third kappa shape index (κ3) is 5.62. The number of aromatic nitrogens is 2. The molecule has 1 saturated carbocycles. The third-order valence-electron chi connectivity index (χ3n) is 5.54. The molecule has 0 bridgehead atoms. The highest BCUT2D eigenvalue weighted by Crippen LogP contribution is 2.44. The molecule has 10 heteroatoms. The molecule has 2 aromatic rings. The Kier molecular flexibility index (Phi) is 7.81. The molecule has 1 aromatic carbocycles. The van der Waals surface area contributed by atoms with Gasteiger partial charge in [-0.25, -0.2) is 0 Å². The molecule has 0 unspecified atom stereocenters. The van der Waals surface area contributed by atoms with Gasteiger partial charge < -0.3 is 14.6 Å². The second-order valence-corrected chi connectivity index (χ2v) is 9.34. The number of aliphatic hydroxyl groups is 1. The van der Waals surface area contributed by atoms with Gasteiger partial charge in [0, 0.05) is 23.9 Å². The van der Waals surface area contributed by atoms with Gasteiger partial charge in [0.05, 0.1) is 43.5 Å². The Hall–Kier alpha value is -2.56. The van der Waals surface area contributed by atoms with Crippen molar-refractivity contribution in [2.24, 2.45) is 4.99 Å². The molecule has 3 atom stereocenters. The zero-order valence-electron chi connectivity index (χ0n) is 18.4. The van der Waals surface area contributed by atoms with E-state index in [0.29, 0.717) is 18.8 Å². The minimum absolute atomic E-state index is 0.144. The van der Waals surface area contributed by atoms with E-state index in [0.717, 1.165) is 41.1 Å². The first-order valence-corrected chi connectivity index (χ1v) is 12.2. The van der Waals surface area contributed by atoms with E-state index in [2.05, 4.69) is 16.0 Å². The van der Waals surface area contributed by atoms with E-state index in [9.17, 15) is 13.5 Å². The van der Waals surface area contributed by atoms with Crippen molar-refractivity contribution in [1.29, 1.82) is 0 Å². The van der Waals surface area contributed by atoms with Crippen molar-refractivity contribution in [3.8, 4) is 11.5 Å². The van der Waals surface area contributed by atoms with Gasteiger partial charge in [0.2, 0.25) is 0 Å². The van der Waals surface area contributed by atoms with Crippen LogP contribution in [0.15, 0.2) is 35.7 Å². The van der Waals surface area contributed by atoms with Gasteiger partial charge in [-0.2, -0.15) is 8.42 Å². The summed E-state index contributed by atoms with van der Waals surface area (Å²) in [5.74, 6) is 1.39. The van der Waals surface area contributed by atoms with E-state index in [1.54, 1.807) is 25.7 Å². The second kappa shape index (κ2) is 10.4. The van der Waals surface area contributed by atoms with E-state index in [1.807, 2.05) is 13.0 Å². The van der Waals surface area contributed by atoms with Crippen molar-refractivity contribution < 1.29 is 27.6 Å². The largest absolute Gasteiger partial charge is 0.493 e. The number of benzene rings is 1. The molecule has 2 heterocycles. The van der Waals surface area contributed by atoms with Crippen molar-refractivity contribution in [3.63, 3.8) is 0 Å². The van der Waals surface area contributed by atoms with E-state index >= 15 is 0 Å². The molecule has 0 radical (unpaired) electrons. The van der Waals surface area contributed by atoms with Crippen LogP contribution < -0.4 is 9.47 Å². The molecule has 174 valence electrons. The van der Waals surface area contributed by atoms with Crippen LogP contribution >= 0.6 is 0 Å². The number of rotatable bonds is 5. The molecule has 32 heavy (non-hydrogen) atoms. The molecule has 9 nitrogen and oxygen atoms in total. The number of hydrogen-bond acceptors (Lipinski definition) is 8. The maximum atomic E-state index is 10.2. The van der Waals surface area contributed by atoms with Gasteiger partial charge in [0.15, 0.2) is 11.5 Å². The summed E-state index contributed by atoms with van der Waals surface area (Å²) >= 11 is 0. The molecule has 4 rings (SSSR count). The van der Waals surface area contributed by atoms with Crippen molar-refractivity contribution >= 4 is 15.8 Å². The van der Waals surface area contributed by atoms with Crippen molar-refractivity contribution in [3.05, 3.63) is 47.5 Å². The average Bonchev–Trinajstić information content (AvgIpc) is 2.79. The normalized spacial score (nSPS) is 21.9. The fourth-order valence-electron chi connectivity index (χ4n) is 4.00. The fourth-order valence-corrected chi connectivity index (χ4v) is 4.00. The van der Waals surface area contributed by atoms with Crippen molar-refractivity contribution in [1.82, 2.24) is 9.97 Å². The van der Waals surface area contributed by atoms with Crippen molar-refractivity contribution in [2.45, 2.75) is 51.2 Å². The predicted octanol–water partition coefficient (Wildman–Crippen LogP) is 2.63. The van der Waals surface area contributed by atoms with E-state index < -0.39 is 10.1 Å². The molecule has 2 N–H and O–H groups in total. The molecular weight excluding hydrogens is 434 g/mol. The summed E-state index contributed by atoms with van der Waals surface area (Å²) in [5.41, 5.74) is 3.73. The maximum Gasteiger partial charge on any atom is 0.264 e. The number of fused-ring (bicyclic) bond motifs is 3. The summed E-state index contributed by atoms with van der Waals surface area (Å²) in [5, 5.41) is 10.2. The van der Waals surface area contributed by atoms with Gasteiger partial charge in [-0.1, -0.05) is 0 Å². The minimum atomic E-state index is -3.66. The lowest BCUT2D eigenvalue weighted by Gasteiger charge is -2.37. The highest BCUT2D eigenvalue weighted by molar-refractivity contribution is 7.85. The van der Waals surface area contributed by atoms with Crippen LogP contribution in [0, 0.1) is 0 Å². The second-order valence-electron chi connectivity index (χ2n) is 7.60. The lowest BCUT2D eigenvalue weighted by molar-refractivity contribution is 0.111. The molecule has 1 aromatic heterocycles. The quantitative estimate of drug-likeness (QED) is 0.647. The van der Waals surface area contributed by atoms with Crippen LogP contribution in [0.25, 0.3) is 0 Å². The first-order chi connectivity index (χ1) is 15.3. The average molecular weight is 464 g/mol. The summed E-state index contributed by atoms with van der Waals surface area (Å²) in [4.78, 5) is 13.7. The molecule has 0 spiro atoms. The van der Waals surface area contributed by atoms with Crippen LogP contribution in [-0.2, 0) is 10.1 Å². The summed E-state index contributed by atoms with van der Waals surface area (Å²) < 4.78 is 38.2. The van der Waals surface area contributed by atoms with Crippen LogP contribution in [0.2, 0.25) is 0 Å². The van der Waals surface area contributed by atoms with Gasteiger partial charge in [0.25, 0.3) is 10.1 Å². The van der Waals surface area contributed by atoms with E-state index in [4.69, 9.17) is 19.0 Å². The number of methoxy groups -OCH3 is 1. The van der Waals surface area contributed by atoms with Gasteiger partial charge >= 0.3 is 0 Å². The molecular formula is C22H29N3O6S. The Morgan fingerprint density at radius 1 is 1.16 bits per heavy atom. The maximum absolute atomic E-state index is 10.2. The van der Waals surface area contributed by atoms with Crippen LogP contribution in [0.5, 0.6) is 11.5 Å². The number of aliphatic imine (C=N–C) groups is 1. The Labute approximate surface area is 188 Å². The van der Waals surface area contributed by atoms with Crippen LogP contribution in [0.3, 0.4) is 0 Å². The standard InChI is InChI=1S/C20H23N3O3.C2H6O3S/c1-3-26-19-9-13-14-8-12(24)4-5-16(14)23-20(15(13)10-18(19)25-2)17-11-21-6-7-22-17;1-2-6(3,4)5/h6-7,9-12,14,16,24H,3-5,8H2,1-2H3;2H2,1H3,(H,3,4,5)/t12-,14-,16-;/m1./s1. The number of nitrogens with zero attached hydrogens (tertiary/aromatic N) is 3. The lowest BCUT2D eigenvalue weighted by atomic mass is 9.74. The van der Waals surface area contributed by atoms with E-state index in [1.165, 1.54) is 6.92 Å². The number of aliphatic hydroxyl groups excluding tert-OH is 1. The molecule has 0 saturated heterocycles. The summed E-state index contributed by atoms with van der Waals surface area (Å²) in [7, 11) is -2.02. The summed E-state index contributed by atoms with van der Waals surface area (Å²) in [6, 6.07) is 4.18. The SMILES string of the molecule is CCOc1cc2c(cc1OC)C(c1cnccn1)=N[C@@H]1CC[C@@H](O)C[C@H]21.CCS(=O)(=O)O. The van der Waals surface area contributed by atoms with E-state index in [-0.39, 0.29) is 23.8 Å².